The summed E-state index contributed by atoms with van der Waals surface area (Å²) in [5.74, 6) is -1.27. The van der Waals surface area contributed by atoms with Crippen LogP contribution in [0.15, 0.2) is 48.5 Å². The molecule has 1 aliphatic carbocycles. The molecule has 4 rings (SSSR count). The number of carbonyl (C=O) groups is 2. The Kier molecular flexibility index (Phi) is 7.28. The highest BCUT2D eigenvalue weighted by atomic mass is 35.5. The van der Waals surface area contributed by atoms with Gasteiger partial charge in [-0.1, -0.05) is 61.3 Å². The summed E-state index contributed by atoms with van der Waals surface area (Å²) in [5.41, 5.74) is 0.734. The third-order valence-electron chi connectivity index (χ3n) is 7.41. The van der Waals surface area contributed by atoms with Crippen molar-refractivity contribution in [2.75, 3.05) is 0 Å². The molecule has 34 heavy (non-hydrogen) atoms. The molecule has 1 amide bonds. The summed E-state index contributed by atoms with van der Waals surface area (Å²) in [7, 11) is 0. The number of rotatable bonds is 8. The van der Waals surface area contributed by atoms with Crippen molar-refractivity contribution in [3.8, 4) is 0 Å². The summed E-state index contributed by atoms with van der Waals surface area (Å²) >= 11 is 12.5. The zero-order chi connectivity index (χ0) is 24.6. The van der Waals surface area contributed by atoms with E-state index in [9.17, 15) is 19.8 Å². The molecule has 5 nitrogen and oxygen atoms in total. The molecule has 2 fully saturated rings. The van der Waals surface area contributed by atoms with Gasteiger partial charge in [0.25, 0.3) is 0 Å². The number of hydrogen-bond acceptors (Lipinski definition) is 3. The maximum atomic E-state index is 14.1. The first kappa shape index (κ1) is 25.0. The quantitative estimate of drug-likeness (QED) is 0.457. The van der Waals surface area contributed by atoms with Gasteiger partial charge in [-0.15, -0.1) is 0 Å². The number of aliphatic hydroxyl groups excluding tert-OH is 1. The van der Waals surface area contributed by atoms with Crippen molar-refractivity contribution in [2.24, 2.45) is 11.3 Å². The highest BCUT2D eigenvalue weighted by molar-refractivity contribution is 6.30. The second-order valence-electron chi connectivity index (χ2n) is 10.0. The molecule has 2 N–H and O–H groups in total. The average molecular weight is 504 g/mol. The molecule has 182 valence electrons. The third-order valence-corrected chi connectivity index (χ3v) is 7.89. The van der Waals surface area contributed by atoms with Crippen molar-refractivity contribution in [1.82, 2.24) is 4.90 Å². The van der Waals surface area contributed by atoms with E-state index in [1.54, 1.807) is 30.0 Å². The maximum Gasteiger partial charge on any atom is 0.304 e. The Bertz CT molecular complexity index is 1050. The Morgan fingerprint density at radius 3 is 2.35 bits per heavy atom. The van der Waals surface area contributed by atoms with E-state index in [1.807, 2.05) is 37.3 Å². The van der Waals surface area contributed by atoms with Crippen molar-refractivity contribution >= 4 is 35.1 Å². The van der Waals surface area contributed by atoms with Gasteiger partial charge in [0.1, 0.15) is 0 Å². The van der Waals surface area contributed by atoms with Crippen LogP contribution in [0.1, 0.15) is 69.0 Å². The fourth-order valence-electron chi connectivity index (χ4n) is 5.60. The number of likely N-dealkylation sites (tertiary alicyclic amines) is 1. The molecule has 7 heteroatoms. The van der Waals surface area contributed by atoms with Crippen LogP contribution < -0.4 is 0 Å². The highest BCUT2D eigenvalue weighted by Gasteiger charge is 2.54. The Morgan fingerprint density at radius 1 is 1.12 bits per heavy atom. The SMILES string of the molecule is CCC(C(O)C1CC1)N1C(=O)C(C)(CC(=O)O)CC(c2cccc(Cl)c2)C1c1ccc(Cl)cc1. The van der Waals surface area contributed by atoms with Gasteiger partial charge in [0.15, 0.2) is 0 Å². The summed E-state index contributed by atoms with van der Waals surface area (Å²) in [6.45, 7) is 3.71. The Labute approximate surface area is 210 Å². The number of carboxylic acid groups (broad SMARTS) is 1. The fraction of sp³-hybridized carbons (Fsp3) is 0.481. The van der Waals surface area contributed by atoms with E-state index in [4.69, 9.17) is 23.2 Å². The van der Waals surface area contributed by atoms with Gasteiger partial charge in [0, 0.05) is 16.0 Å². The van der Waals surface area contributed by atoms with Crippen LogP contribution in [0.5, 0.6) is 0 Å². The number of nitrogens with zero attached hydrogens (tertiary/aromatic N) is 1. The third kappa shape index (κ3) is 4.98. The van der Waals surface area contributed by atoms with Crippen molar-refractivity contribution in [3.05, 3.63) is 69.7 Å². The standard InChI is InChI=1S/C27H31Cl2NO4/c1-3-22(25(33)17-7-8-17)30-24(16-9-11-19(28)12-10-16)21(18-5-4-6-20(29)13-18)14-27(2,26(30)34)15-23(31)32/h4-6,9-13,17,21-22,24-25,33H,3,7-8,14-15H2,1-2H3,(H,31,32). The lowest BCUT2D eigenvalue weighted by atomic mass is 9.66. The number of halogens is 2. The number of benzene rings is 2. The van der Waals surface area contributed by atoms with Crippen LogP contribution in [0.2, 0.25) is 10.0 Å². The largest absolute Gasteiger partial charge is 0.481 e. The minimum atomic E-state index is -1.11. The van der Waals surface area contributed by atoms with E-state index in [2.05, 4.69) is 0 Å². The normalized spacial score (nSPS) is 26.9. The summed E-state index contributed by atoms with van der Waals surface area (Å²) in [6.07, 6.45) is 1.88. The van der Waals surface area contributed by atoms with Gasteiger partial charge in [-0.25, -0.2) is 0 Å². The molecule has 1 saturated carbocycles. The lowest BCUT2D eigenvalue weighted by Crippen LogP contribution is -2.59. The number of carboxylic acids is 1. The highest BCUT2D eigenvalue weighted by Crippen LogP contribution is 2.53. The van der Waals surface area contributed by atoms with Crippen LogP contribution in [0.3, 0.4) is 0 Å². The van der Waals surface area contributed by atoms with Crippen LogP contribution in [-0.4, -0.2) is 39.1 Å². The molecule has 2 aliphatic rings. The van der Waals surface area contributed by atoms with Crippen molar-refractivity contribution in [3.63, 3.8) is 0 Å². The molecular weight excluding hydrogens is 473 g/mol. The monoisotopic (exact) mass is 503 g/mol. The molecule has 1 saturated heterocycles. The van der Waals surface area contributed by atoms with E-state index < -0.39 is 23.5 Å². The first-order chi connectivity index (χ1) is 16.1. The van der Waals surface area contributed by atoms with Gasteiger partial charge >= 0.3 is 5.97 Å². The lowest BCUT2D eigenvalue weighted by Gasteiger charge is -2.52. The van der Waals surface area contributed by atoms with Gasteiger partial charge < -0.3 is 15.1 Å². The molecule has 5 unspecified atom stereocenters. The number of aliphatic hydroxyl groups is 1. The topological polar surface area (TPSA) is 77.8 Å². The van der Waals surface area contributed by atoms with Crippen LogP contribution in [0, 0.1) is 11.3 Å². The van der Waals surface area contributed by atoms with Gasteiger partial charge in [-0.05, 0) is 67.0 Å². The summed E-state index contributed by atoms with van der Waals surface area (Å²) in [4.78, 5) is 27.8. The first-order valence-electron chi connectivity index (χ1n) is 11.9. The molecule has 1 aliphatic heterocycles. The van der Waals surface area contributed by atoms with Crippen LogP contribution >= 0.6 is 23.2 Å². The molecule has 2 aromatic carbocycles. The minimum Gasteiger partial charge on any atom is -0.481 e. The number of amides is 1. The predicted molar refractivity (Wildman–Crippen MR) is 133 cm³/mol. The summed E-state index contributed by atoms with van der Waals surface area (Å²) in [6, 6.07) is 14.2. The van der Waals surface area contributed by atoms with Gasteiger partial charge in [0.05, 0.1) is 30.0 Å². The molecule has 0 aromatic heterocycles. The lowest BCUT2D eigenvalue weighted by molar-refractivity contribution is -0.164. The molecule has 0 spiro atoms. The van der Waals surface area contributed by atoms with Crippen LogP contribution in [0.4, 0.5) is 0 Å². The van der Waals surface area contributed by atoms with Gasteiger partial charge in [0.2, 0.25) is 5.91 Å². The maximum absolute atomic E-state index is 14.1. The smallest absolute Gasteiger partial charge is 0.304 e. The van der Waals surface area contributed by atoms with Crippen molar-refractivity contribution in [1.29, 1.82) is 0 Å². The molecule has 1 heterocycles. The zero-order valence-corrected chi connectivity index (χ0v) is 21.0. The van der Waals surface area contributed by atoms with Crippen molar-refractivity contribution < 1.29 is 19.8 Å². The van der Waals surface area contributed by atoms with E-state index >= 15 is 0 Å². The summed E-state index contributed by atoms with van der Waals surface area (Å²) < 4.78 is 0. The van der Waals surface area contributed by atoms with E-state index in [0.29, 0.717) is 22.9 Å². The van der Waals surface area contributed by atoms with Crippen LogP contribution in [0.25, 0.3) is 0 Å². The molecule has 0 radical (unpaired) electrons. The van der Waals surface area contributed by atoms with E-state index in [0.717, 1.165) is 24.0 Å². The zero-order valence-electron chi connectivity index (χ0n) is 19.5. The van der Waals surface area contributed by atoms with Crippen LogP contribution in [-0.2, 0) is 9.59 Å². The van der Waals surface area contributed by atoms with E-state index in [1.165, 1.54) is 0 Å². The van der Waals surface area contributed by atoms with Gasteiger partial charge in [-0.2, -0.15) is 0 Å². The molecule has 5 atom stereocenters. The fourth-order valence-corrected chi connectivity index (χ4v) is 5.92. The Balaban J connectivity index is 1.90. The second-order valence-corrected chi connectivity index (χ2v) is 10.9. The summed E-state index contributed by atoms with van der Waals surface area (Å²) in [5, 5.41) is 22.1. The molecular formula is C27H31Cl2NO4. The van der Waals surface area contributed by atoms with E-state index in [-0.39, 0.29) is 30.2 Å². The van der Waals surface area contributed by atoms with Crippen molar-refractivity contribution in [2.45, 2.75) is 70.1 Å². The second kappa shape index (κ2) is 9.88. The average Bonchev–Trinajstić information content (AvgIpc) is 3.63. The minimum absolute atomic E-state index is 0.167. The Morgan fingerprint density at radius 2 is 1.79 bits per heavy atom. The number of carbonyl (C=O) groups excluding carboxylic acids is 1. The molecule has 0 bridgehead atoms. The number of hydrogen-bond donors (Lipinski definition) is 2. The number of aliphatic carboxylic acids is 1. The van der Waals surface area contributed by atoms with Gasteiger partial charge in [-0.3, -0.25) is 9.59 Å². The predicted octanol–water partition coefficient (Wildman–Crippen LogP) is 6.08. The first-order valence-corrected chi connectivity index (χ1v) is 12.6. The molecule has 2 aromatic rings. The number of piperidine rings is 1. The Hall–Kier alpha value is -2.08.